The predicted molar refractivity (Wildman–Crippen MR) is 124 cm³/mol. The van der Waals surface area contributed by atoms with Crippen molar-refractivity contribution in [1.29, 1.82) is 0 Å². The van der Waals surface area contributed by atoms with Gasteiger partial charge in [-0.05, 0) is 30.7 Å². The lowest BCUT2D eigenvalue weighted by molar-refractivity contribution is -0.121. The van der Waals surface area contributed by atoms with Crippen LogP contribution in [0.2, 0.25) is 0 Å². The van der Waals surface area contributed by atoms with E-state index in [0.29, 0.717) is 41.4 Å². The molecule has 1 amide bonds. The number of halogens is 1. The van der Waals surface area contributed by atoms with Crippen LogP contribution in [0.15, 0.2) is 63.0 Å². The molecule has 6 nitrogen and oxygen atoms in total. The van der Waals surface area contributed by atoms with Gasteiger partial charge in [-0.15, -0.1) is 0 Å². The molecule has 2 aromatic carbocycles. The third-order valence-corrected chi connectivity index (χ3v) is 6.11. The van der Waals surface area contributed by atoms with Crippen molar-refractivity contribution in [1.82, 2.24) is 14.9 Å². The van der Waals surface area contributed by atoms with Crippen LogP contribution in [-0.2, 0) is 16.1 Å². The van der Waals surface area contributed by atoms with E-state index in [1.54, 1.807) is 17.7 Å². The summed E-state index contributed by atoms with van der Waals surface area (Å²) >= 11 is 4.81. The highest BCUT2D eigenvalue weighted by atomic mass is 79.9. The van der Waals surface area contributed by atoms with Crippen molar-refractivity contribution in [3.8, 4) is 0 Å². The molecule has 0 aliphatic heterocycles. The molecular weight excluding hydrogens is 466 g/mol. The van der Waals surface area contributed by atoms with Gasteiger partial charge in [0.2, 0.25) is 5.91 Å². The van der Waals surface area contributed by atoms with Gasteiger partial charge in [0.1, 0.15) is 0 Å². The van der Waals surface area contributed by atoms with Gasteiger partial charge in [0.05, 0.1) is 30.1 Å². The number of benzene rings is 2. The summed E-state index contributed by atoms with van der Waals surface area (Å²) in [7, 11) is 1.60. The molecule has 30 heavy (non-hydrogen) atoms. The van der Waals surface area contributed by atoms with E-state index in [0.717, 1.165) is 10.0 Å². The van der Waals surface area contributed by atoms with Crippen LogP contribution in [-0.4, -0.2) is 34.9 Å². The summed E-state index contributed by atoms with van der Waals surface area (Å²) < 4.78 is 7.60. The lowest BCUT2D eigenvalue weighted by Gasteiger charge is -2.15. The molecule has 0 saturated carbocycles. The number of nitrogens with zero attached hydrogens (tertiary/aromatic N) is 2. The first kappa shape index (κ1) is 22.5. The smallest absolute Gasteiger partial charge is 0.262 e. The highest BCUT2D eigenvalue weighted by Gasteiger charge is 2.14. The van der Waals surface area contributed by atoms with E-state index < -0.39 is 0 Å². The zero-order valence-corrected chi connectivity index (χ0v) is 19.3. The van der Waals surface area contributed by atoms with Crippen LogP contribution in [0.5, 0.6) is 0 Å². The summed E-state index contributed by atoms with van der Waals surface area (Å²) in [5.74, 6) is 0.490. The Morgan fingerprint density at radius 2 is 2.03 bits per heavy atom. The van der Waals surface area contributed by atoms with Crippen molar-refractivity contribution in [3.63, 3.8) is 0 Å². The number of nitrogens with one attached hydrogen (secondary N) is 1. The minimum atomic E-state index is -0.108. The molecule has 1 heterocycles. The van der Waals surface area contributed by atoms with Gasteiger partial charge >= 0.3 is 0 Å². The third kappa shape index (κ3) is 5.71. The highest BCUT2D eigenvalue weighted by Crippen LogP contribution is 2.21. The second kappa shape index (κ2) is 10.7. The minimum absolute atomic E-state index is 0.0330. The fourth-order valence-corrected chi connectivity index (χ4v) is 4.36. The Bertz CT molecular complexity index is 1070. The number of fused-ring (bicyclic) bond motifs is 1. The minimum Gasteiger partial charge on any atom is -0.383 e. The normalized spacial score (nSPS) is 12.1. The number of rotatable bonds is 9. The fourth-order valence-electron chi connectivity index (χ4n) is 3.04. The molecule has 158 valence electrons. The first-order valence-corrected chi connectivity index (χ1v) is 11.4. The number of carbonyl (C=O) groups is 1. The Kier molecular flexibility index (Phi) is 8.07. The zero-order chi connectivity index (χ0) is 21.5. The molecule has 0 bridgehead atoms. The van der Waals surface area contributed by atoms with Gasteiger partial charge in [-0.2, -0.15) is 0 Å². The molecule has 1 N–H and O–H groups in total. The van der Waals surface area contributed by atoms with Gasteiger partial charge in [-0.3, -0.25) is 14.2 Å². The summed E-state index contributed by atoms with van der Waals surface area (Å²) in [6, 6.07) is 15.3. The van der Waals surface area contributed by atoms with Crippen molar-refractivity contribution >= 4 is 44.5 Å². The number of aromatic nitrogens is 2. The van der Waals surface area contributed by atoms with Gasteiger partial charge in [-0.25, -0.2) is 4.98 Å². The summed E-state index contributed by atoms with van der Waals surface area (Å²) in [4.78, 5) is 30.0. The Morgan fingerprint density at radius 3 is 2.77 bits per heavy atom. The third-order valence-electron chi connectivity index (χ3n) is 4.64. The summed E-state index contributed by atoms with van der Waals surface area (Å²) in [6.45, 7) is 2.78. The lowest BCUT2D eigenvalue weighted by atomic mass is 10.1. The summed E-state index contributed by atoms with van der Waals surface area (Å²) in [5, 5.41) is 4.16. The van der Waals surface area contributed by atoms with E-state index in [1.165, 1.54) is 11.8 Å². The van der Waals surface area contributed by atoms with Gasteiger partial charge in [0, 0.05) is 23.8 Å². The Morgan fingerprint density at radius 1 is 1.27 bits per heavy atom. The Hall–Kier alpha value is -2.16. The number of methoxy groups -OCH3 is 1. The van der Waals surface area contributed by atoms with Crippen molar-refractivity contribution in [2.75, 3.05) is 19.5 Å². The van der Waals surface area contributed by atoms with Gasteiger partial charge in [-0.1, -0.05) is 58.0 Å². The molecule has 1 atom stereocenters. The topological polar surface area (TPSA) is 73.2 Å². The molecule has 1 unspecified atom stereocenters. The SMILES string of the molecule is COCCn1c(SCCC(=O)NC(C)c2ccccc2)nc2ccc(Br)cc2c1=O. The number of amides is 1. The predicted octanol–water partition coefficient (Wildman–Crippen LogP) is 4.17. The van der Waals surface area contributed by atoms with E-state index in [-0.39, 0.29) is 17.5 Å². The van der Waals surface area contributed by atoms with E-state index in [9.17, 15) is 9.59 Å². The van der Waals surface area contributed by atoms with E-state index in [1.807, 2.05) is 49.4 Å². The molecule has 3 rings (SSSR count). The highest BCUT2D eigenvalue weighted by molar-refractivity contribution is 9.10. The number of carbonyl (C=O) groups excluding carboxylic acids is 1. The maximum absolute atomic E-state index is 13.0. The molecule has 1 aromatic heterocycles. The van der Waals surface area contributed by atoms with Crippen molar-refractivity contribution in [2.24, 2.45) is 0 Å². The van der Waals surface area contributed by atoms with Crippen LogP contribution >= 0.6 is 27.7 Å². The van der Waals surface area contributed by atoms with Crippen LogP contribution in [0, 0.1) is 0 Å². The maximum atomic E-state index is 13.0. The van der Waals surface area contributed by atoms with E-state index >= 15 is 0 Å². The van der Waals surface area contributed by atoms with Crippen LogP contribution in [0.25, 0.3) is 10.9 Å². The number of hydrogen-bond donors (Lipinski definition) is 1. The largest absolute Gasteiger partial charge is 0.383 e. The number of ether oxygens (including phenoxy) is 1. The quantitative estimate of drug-likeness (QED) is 0.360. The molecule has 0 aliphatic carbocycles. The van der Waals surface area contributed by atoms with Crippen LogP contribution in [0.4, 0.5) is 0 Å². The average molecular weight is 490 g/mol. The summed E-state index contributed by atoms with van der Waals surface area (Å²) in [5.41, 5.74) is 1.60. The molecule has 0 aliphatic rings. The van der Waals surface area contributed by atoms with Crippen LogP contribution in [0.1, 0.15) is 24.9 Å². The van der Waals surface area contributed by atoms with Gasteiger partial charge in [0.25, 0.3) is 5.56 Å². The second-order valence-electron chi connectivity index (χ2n) is 6.80. The second-order valence-corrected chi connectivity index (χ2v) is 8.78. The molecule has 0 fully saturated rings. The van der Waals surface area contributed by atoms with Crippen molar-refractivity contribution < 1.29 is 9.53 Å². The molecule has 0 saturated heterocycles. The van der Waals surface area contributed by atoms with Crippen molar-refractivity contribution in [2.45, 2.75) is 31.1 Å². The number of thioether (sulfide) groups is 1. The van der Waals surface area contributed by atoms with Crippen LogP contribution < -0.4 is 10.9 Å². The Balaban J connectivity index is 1.69. The summed E-state index contributed by atoms with van der Waals surface area (Å²) in [6.07, 6.45) is 0.334. The molecule has 0 spiro atoms. The first-order chi connectivity index (χ1) is 14.5. The van der Waals surface area contributed by atoms with Gasteiger partial charge < -0.3 is 10.1 Å². The first-order valence-electron chi connectivity index (χ1n) is 9.65. The molecule has 3 aromatic rings. The lowest BCUT2D eigenvalue weighted by Crippen LogP contribution is -2.27. The zero-order valence-electron chi connectivity index (χ0n) is 16.9. The maximum Gasteiger partial charge on any atom is 0.262 e. The number of hydrogen-bond acceptors (Lipinski definition) is 5. The average Bonchev–Trinajstić information content (AvgIpc) is 2.74. The van der Waals surface area contributed by atoms with Crippen molar-refractivity contribution in [3.05, 3.63) is 68.9 Å². The molecular formula is C22H24BrN3O3S. The standard InChI is InChI=1S/C22H24BrN3O3S/c1-15(16-6-4-3-5-7-16)24-20(27)10-13-30-22-25-19-9-8-17(23)14-18(19)21(28)26(22)11-12-29-2/h3-9,14-15H,10-13H2,1-2H3,(H,24,27). The van der Waals surface area contributed by atoms with E-state index in [4.69, 9.17) is 4.74 Å². The van der Waals surface area contributed by atoms with E-state index in [2.05, 4.69) is 26.2 Å². The Labute approximate surface area is 188 Å². The molecule has 8 heteroatoms. The monoisotopic (exact) mass is 489 g/mol. The fraction of sp³-hybridized carbons (Fsp3) is 0.318. The molecule has 0 radical (unpaired) electrons. The van der Waals surface area contributed by atoms with Gasteiger partial charge in [0.15, 0.2) is 5.16 Å². The van der Waals surface area contributed by atoms with Crippen LogP contribution in [0.3, 0.4) is 0 Å².